The Morgan fingerprint density at radius 2 is 2.13 bits per heavy atom. The number of nitriles is 1. The number of ether oxygens (including phenoxy) is 1. The van der Waals surface area contributed by atoms with Crippen LogP contribution in [0.2, 0.25) is 0 Å². The molecule has 0 saturated heterocycles. The van der Waals surface area contributed by atoms with Crippen LogP contribution in [0.3, 0.4) is 0 Å². The number of aliphatic hydroxyl groups excluding tert-OH is 1. The summed E-state index contributed by atoms with van der Waals surface area (Å²) in [6.45, 7) is 7.62. The van der Waals surface area contributed by atoms with Gasteiger partial charge in [-0.05, 0) is 51.0 Å². The first-order chi connectivity index (χ1) is 10.7. The zero-order valence-corrected chi connectivity index (χ0v) is 14.2. The number of hydrogen-bond donors (Lipinski definition) is 2. The van der Waals surface area contributed by atoms with Crippen molar-refractivity contribution in [1.29, 1.82) is 5.26 Å². The number of amides is 1. The van der Waals surface area contributed by atoms with Gasteiger partial charge in [-0.1, -0.05) is 6.07 Å². The standard InChI is InChI=1S/C17H25N3O3/c1-12-5-6-13(8-18)7-14(12)10-20(11-15(21)9-19)16(22)23-17(2,3)4/h5-7,15,21H,9-11,19H2,1-4H3. The summed E-state index contributed by atoms with van der Waals surface area (Å²) in [5, 5.41) is 18.8. The summed E-state index contributed by atoms with van der Waals surface area (Å²) in [6, 6.07) is 7.38. The Labute approximate surface area is 137 Å². The van der Waals surface area contributed by atoms with Crippen molar-refractivity contribution in [2.45, 2.75) is 45.9 Å². The lowest BCUT2D eigenvalue weighted by Gasteiger charge is -2.29. The van der Waals surface area contributed by atoms with Crippen LogP contribution in [0.1, 0.15) is 37.5 Å². The van der Waals surface area contributed by atoms with Crippen molar-refractivity contribution in [2.75, 3.05) is 13.1 Å². The highest BCUT2D eigenvalue weighted by Gasteiger charge is 2.24. The van der Waals surface area contributed by atoms with E-state index in [4.69, 9.17) is 15.7 Å². The highest BCUT2D eigenvalue weighted by atomic mass is 16.6. The Morgan fingerprint density at radius 1 is 1.48 bits per heavy atom. The number of nitrogens with zero attached hydrogens (tertiary/aromatic N) is 2. The lowest BCUT2D eigenvalue weighted by Crippen LogP contribution is -2.42. The number of carbonyl (C=O) groups excluding carboxylic acids is 1. The van der Waals surface area contributed by atoms with Crippen molar-refractivity contribution in [3.8, 4) is 6.07 Å². The predicted octanol–water partition coefficient (Wildman–Crippen LogP) is 1.92. The second-order valence-electron chi connectivity index (χ2n) is 6.50. The third-order valence-electron chi connectivity index (χ3n) is 3.19. The molecule has 0 aliphatic heterocycles. The van der Waals surface area contributed by atoms with Gasteiger partial charge in [-0.3, -0.25) is 0 Å². The van der Waals surface area contributed by atoms with Crippen molar-refractivity contribution in [2.24, 2.45) is 5.73 Å². The molecule has 0 aliphatic rings. The molecule has 0 aromatic heterocycles. The summed E-state index contributed by atoms with van der Waals surface area (Å²) in [4.78, 5) is 13.8. The Hall–Kier alpha value is -2.10. The van der Waals surface area contributed by atoms with E-state index in [1.54, 1.807) is 32.9 Å². The third-order valence-corrected chi connectivity index (χ3v) is 3.19. The van der Waals surface area contributed by atoms with E-state index in [-0.39, 0.29) is 19.6 Å². The number of aryl methyl sites for hydroxylation is 1. The van der Waals surface area contributed by atoms with Crippen molar-refractivity contribution in [3.63, 3.8) is 0 Å². The summed E-state index contributed by atoms with van der Waals surface area (Å²) in [5.74, 6) is 0. The number of benzene rings is 1. The van der Waals surface area contributed by atoms with E-state index in [2.05, 4.69) is 6.07 Å². The maximum atomic E-state index is 12.4. The van der Waals surface area contributed by atoms with Crippen LogP contribution in [0.15, 0.2) is 18.2 Å². The molecule has 0 aliphatic carbocycles. The average Bonchev–Trinajstić information content (AvgIpc) is 2.46. The fourth-order valence-corrected chi connectivity index (χ4v) is 1.98. The quantitative estimate of drug-likeness (QED) is 0.863. The van der Waals surface area contributed by atoms with Crippen molar-refractivity contribution in [1.82, 2.24) is 4.90 Å². The maximum Gasteiger partial charge on any atom is 0.410 e. The third kappa shape index (κ3) is 6.27. The molecule has 3 N–H and O–H groups in total. The summed E-state index contributed by atoms with van der Waals surface area (Å²) in [5.41, 5.74) is 7.13. The monoisotopic (exact) mass is 319 g/mol. The SMILES string of the molecule is Cc1ccc(C#N)cc1CN(CC(O)CN)C(=O)OC(C)(C)C. The molecule has 1 unspecified atom stereocenters. The van der Waals surface area contributed by atoms with Gasteiger partial charge in [-0.25, -0.2) is 4.79 Å². The van der Waals surface area contributed by atoms with E-state index in [9.17, 15) is 9.90 Å². The number of carbonyl (C=O) groups is 1. The van der Waals surface area contributed by atoms with Gasteiger partial charge in [-0.15, -0.1) is 0 Å². The minimum absolute atomic E-state index is 0.0521. The van der Waals surface area contributed by atoms with Crippen LogP contribution in [0, 0.1) is 18.3 Å². The zero-order chi connectivity index (χ0) is 17.6. The zero-order valence-electron chi connectivity index (χ0n) is 14.2. The van der Waals surface area contributed by atoms with Gasteiger partial charge < -0.3 is 20.5 Å². The van der Waals surface area contributed by atoms with Crippen molar-refractivity contribution in [3.05, 3.63) is 34.9 Å². The molecule has 6 heteroatoms. The predicted molar refractivity (Wildman–Crippen MR) is 87.6 cm³/mol. The van der Waals surface area contributed by atoms with Crippen molar-refractivity contribution >= 4 is 6.09 Å². The van der Waals surface area contributed by atoms with Gasteiger partial charge in [0.15, 0.2) is 0 Å². The minimum Gasteiger partial charge on any atom is -0.444 e. The molecule has 6 nitrogen and oxygen atoms in total. The van der Waals surface area contributed by atoms with Gasteiger partial charge in [0.1, 0.15) is 5.60 Å². The fourth-order valence-electron chi connectivity index (χ4n) is 1.98. The summed E-state index contributed by atoms with van der Waals surface area (Å²) < 4.78 is 5.38. The molecule has 23 heavy (non-hydrogen) atoms. The Bertz CT molecular complexity index is 588. The normalized spacial score (nSPS) is 12.4. The number of aliphatic hydroxyl groups is 1. The maximum absolute atomic E-state index is 12.4. The Kier molecular flexibility index (Phi) is 6.55. The van der Waals surface area contributed by atoms with Gasteiger partial charge in [0, 0.05) is 13.1 Å². The second kappa shape index (κ2) is 7.95. The van der Waals surface area contributed by atoms with E-state index in [0.29, 0.717) is 5.56 Å². The average molecular weight is 319 g/mol. The first kappa shape index (κ1) is 18.9. The lowest BCUT2D eigenvalue weighted by molar-refractivity contribution is 0.0134. The smallest absolute Gasteiger partial charge is 0.410 e. The van der Waals surface area contributed by atoms with Gasteiger partial charge >= 0.3 is 6.09 Å². The molecule has 1 amide bonds. The molecule has 1 aromatic carbocycles. The molecule has 0 saturated carbocycles. The second-order valence-corrected chi connectivity index (χ2v) is 6.50. The van der Waals surface area contributed by atoms with Crippen LogP contribution in [-0.2, 0) is 11.3 Å². The van der Waals surface area contributed by atoms with E-state index in [1.807, 2.05) is 13.0 Å². The van der Waals surface area contributed by atoms with E-state index in [1.165, 1.54) is 4.90 Å². The largest absolute Gasteiger partial charge is 0.444 e. The minimum atomic E-state index is -0.832. The number of rotatable bonds is 5. The van der Waals surface area contributed by atoms with E-state index in [0.717, 1.165) is 11.1 Å². The van der Waals surface area contributed by atoms with Crippen LogP contribution in [-0.4, -0.2) is 40.9 Å². The molecule has 1 aromatic rings. The van der Waals surface area contributed by atoms with Crippen molar-refractivity contribution < 1.29 is 14.6 Å². The first-order valence-electron chi connectivity index (χ1n) is 7.52. The van der Waals surface area contributed by atoms with Gasteiger partial charge in [-0.2, -0.15) is 5.26 Å². The van der Waals surface area contributed by atoms with Gasteiger partial charge in [0.2, 0.25) is 0 Å². The first-order valence-corrected chi connectivity index (χ1v) is 7.52. The summed E-state index contributed by atoms with van der Waals surface area (Å²) in [7, 11) is 0. The van der Waals surface area contributed by atoms with E-state index >= 15 is 0 Å². The Balaban J connectivity index is 3.01. The molecule has 126 valence electrons. The fraction of sp³-hybridized carbons (Fsp3) is 0.529. The van der Waals surface area contributed by atoms with Crippen LogP contribution in [0.5, 0.6) is 0 Å². The molecule has 1 atom stereocenters. The highest BCUT2D eigenvalue weighted by molar-refractivity contribution is 5.68. The van der Waals surface area contributed by atoms with Crippen LogP contribution >= 0.6 is 0 Å². The molecular weight excluding hydrogens is 294 g/mol. The molecule has 0 bridgehead atoms. The Morgan fingerprint density at radius 3 is 2.65 bits per heavy atom. The number of hydrogen-bond acceptors (Lipinski definition) is 5. The summed E-state index contributed by atoms with van der Waals surface area (Å²) >= 11 is 0. The summed E-state index contributed by atoms with van der Waals surface area (Å²) in [6.07, 6.45) is -1.35. The van der Waals surface area contributed by atoms with Crippen LogP contribution in [0.4, 0.5) is 4.79 Å². The lowest BCUT2D eigenvalue weighted by atomic mass is 10.0. The topological polar surface area (TPSA) is 99.6 Å². The molecular formula is C17H25N3O3. The van der Waals surface area contributed by atoms with Gasteiger partial charge in [0.05, 0.1) is 24.3 Å². The van der Waals surface area contributed by atoms with Gasteiger partial charge in [0.25, 0.3) is 0 Å². The molecule has 0 fully saturated rings. The molecule has 0 radical (unpaired) electrons. The van der Waals surface area contributed by atoms with Crippen LogP contribution < -0.4 is 5.73 Å². The molecule has 1 rings (SSSR count). The number of nitrogens with two attached hydrogens (primary N) is 1. The molecule has 0 heterocycles. The highest BCUT2D eigenvalue weighted by Crippen LogP contribution is 2.17. The van der Waals surface area contributed by atoms with Crippen LogP contribution in [0.25, 0.3) is 0 Å². The molecule has 0 spiro atoms. The van der Waals surface area contributed by atoms with E-state index < -0.39 is 17.8 Å².